The number of nitrogens with two attached hydrogens (primary N) is 1. The summed E-state index contributed by atoms with van der Waals surface area (Å²) in [4.78, 5) is 12.1. The standard InChI is InChI=1S/C14H12Cl2N2O4S/c1-22-13-3-2-11(23(17,20)21)7-12(13)18-14(19)8-4-9(15)6-10(16)5-8/h2-7H,1H3,(H,18,19)(H2,17,20,21). The van der Waals surface area contributed by atoms with E-state index in [0.717, 1.165) is 0 Å². The van der Waals surface area contributed by atoms with Gasteiger partial charge in [0.05, 0.1) is 17.7 Å². The molecule has 3 N–H and O–H groups in total. The SMILES string of the molecule is COc1ccc(S(N)(=O)=O)cc1NC(=O)c1cc(Cl)cc(Cl)c1. The molecule has 0 bridgehead atoms. The van der Waals surface area contributed by atoms with Gasteiger partial charge in [0.15, 0.2) is 0 Å². The lowest BCUT2D eigenvalue weighted by Crippen LogP contribution is -2.15. The van der Waals surface area contributed by atoms with Gasteiger partial charge in [0.2, 0.25) is 10.0 Å². The molecule has 0 saturated heterocycles. The van der Waals surface area contributed by atoms with Crippen molar-refractivity contribution in [3.8, 4) is 5.75 Å². The highest BCUT2D eigenvalue weighted by atomic mass is 35.5. The van der Waals surface area contributed by atoms with Crippen molar-refractivity contribution in [3.05, 3.63) is 52.0 Å². The predicted molar refractivity (Wildman–Crippen MR) is 88.8 cm³/mol. The van der Waals surface area contributed by atoms with E-state index in [1.807, 2.05) is 0 Å². The highest BCUT2D eigenvalue weighted by Crippen LogP contribution is 2.28. The van der Waals surface area contributed by atoms with Crippen molar-refractivity contribution in [2.45, 2.75) is 4.90 Å². The number of primary sulfonamides is 1. The van der Waals surface area contributed by atoms with Gasteiger partial charge in [-0.15, -0.1) is 0 Å². The summed E-state index contributed by atoms with van der Waals surface area (Å²) < 4.78 is 27.9. The van der Waals surface area contributed by atoms with Crippen molar-refractivity contribution in [2.75, 3.05) is 12.4 Å². The molecule has 0 radical (unpaired) electrons. The number of carbonyl (C=O) groups excluding carboxylic acids is 1. The van der Waals surface area contributed by atoms with Crippen LogP contribution in [0.4, 0.5) is 5.69 Å². The third-order valence-corrected chi connectivity index (χ3v) is 4.22. The van der Waals surface area contributed by atoms with Gasteiger partial charge in [0.1, 0.15) is 5.75 Å². The van der Waals surface area contributed by atoms with Gasteiger partial charge in [0.25, 0.3) is 5.91 Å². The maximum Gasteiger partial charge on any atom is 0.255 e. The summed E-state index contributed by atoms with van der Waals surface area (Å²) in [5.74, 6) is -0.252. The number of benzene rings is 2. The van der Waals surface area contributed by atoms with Crippen molar-refractivity contribution in [1.29, 1.82) is 0 Å². The lowest BCUT2D eigenvalue weighted by Gasteiger charge is -2.12. The fraction of sp³-hybridized carbons (Fsp3) is 0.0714. The topological polar surface area (TPSA) is 98.5 Å². The highest BCUT2D eigenvalue weighted by Gasteiger charge is 2.15. The quantitative estimate of drug-likeness (QED) is 0.859. The maximum absolute atomic E-state index is 12.3. The van der Waals surface area contributed by atoms with Crippen LogP contribution >= 0.6 is 23.2 Å². The lowest BCUT2D eigenvalue weighted by atomic mass is 10.2. The predicted octanol–water partition coefficient (Wildman–Crippen LogP) is 2.90. The average molecular weight is 375 g/mol. The largest absolute Gasteiger partial charge is 0.495 e. The van der Waals surface area contributed by atoms with Gasteiger partial charge in [-0.2, -0.15) is 0 Å². The minimum Gasteiger partial charge on any atom is -0.495 e. The third-order valence-electron chi connectivity index (χ3n) is 2.87. The fourth-order valence-corrected chi connectivity index (χ4v) is 2.91. The average Bonchev–Trinajstić information content (AvgIpc) is 2.45. The maximum atomic E-state index is 12.3. The molecule has 0 aliphatic rings. The number of methoxy groups -OCH3 is 1. The van der Waals surface area contributed by atoms with E-state index < -0.39 is 15.9 Å². The Balaban J connectivity index is 2.40. The number of hydrogen-bond donors (Lipinski definition) is 2. The van der Waals surface area contributed by atoms with E-state index in [-0.39, 0.29) is 21.9 Å². The molecule has 2 aromatic carbocycles. The molecular formula is C14H12Cl2N2O4S. The monoisotopic (exact) mass is 374 g/mol. The van der Waals surface area contributed by atoms with Crippen LogP contribution in [0.25, 0.3) is 0 Å². The second-order valence-corrected chi connectivity index (χ2v) is 6.95. The zero-order valence-corrected chi connectivity index (χ0v) is 14.2. The molecule has 0 aromatic heterocycles. The highest BCUT2D eigenvalue weighted by molar-refractivity contribution is 7.89. The van der Waals surface area contributed by atoms with Crippen LogP contribution < -0.4 is 15.2 Å². The summed E-state index contributed by atoms with van der Waals surface area (Å²) in [6.45, 7) is 0. The zero-order valence-electron chi connectivity index (χ0n) is 11.8. The Kier molecular flexibility index (Phi) is 5.16. The van der Waals surface area contributed by atoms with Crippen LogP contribution in [0.5, 0.6) is 5.75 Å². The number of rotatable bonds is 4. The molecule has 2 rings (SSSR count). The first kappa shape index (κ1) is 17.6. The lowest BCUT2D eigenvalue weighted by molar-refractivity contribution is 0.102. The van der Waals surface area contributed by atoms with Crippen molar-refractivity contribution in [1.82, 2.24) is 0 Å². The molecule has 0 fully saturated rings. The third kappa shape index (κ3) is 4.35. The van der Waals surface area contributed by atoms with E-state index in [0.29, 0.717) is 10.0 Å². The van der Waals surface area contributed by atoms with Crippen LogP contribution in [0, 0.1) is 0 Å². The van der Waals surface area contributed by atoms with Crippen LogP contribution in [0.15, 0.2) is 41.3 Å². The van der Waals surface area contributed by atoms with E-state index in [2.05, 4.69) is 5.32 Å². The number of sulfonamides is 1. The summed E-state index contributed by atoms with van der Waals surface area (Å²) in [6.07, 6.45) is 0. The van der Waals surface area contributed by atoms with E-state index in [9.17, 15) is 13.2 Å². The van der Waals surface area contributed by atoms with Crippen LogP contribution in [0.1, 0.15) is 10.4 Å². The number of ether oxygens (including phenoxy) is 1. The molecule has 0 spiro atoms. The van der Waals surface area contributed by atoms with Gasteiger partial charge >= 0.3 is 0 Å². The fourth-order valence-electron chi connectivity index (χ4n) is 1.84. The van der Waals surface area contributed by atoms with Crippen LogP contribution in [-0.4, -0.2) is 21.4 Å². The molecule has 6 nitrogen and oxygen atoms in total. The molecule has 0 saturated carbocycles. The Labute approximate surface area is 143 Å². The summed E-state index contributed by atoms with van der Waals surface area (Å²) in [7, 11) is -2.53. The van der Waals surface area contributed by atoms with E-state index >= 15 is 0 Å². The Morgan fingerprint density at radius 1 is 1.13 bits per heavy atom. The Morgan fingerprint density at radius 3 is 2.26 bits per heavy atom. The minimum atomic E-state index is -3.91. The second kappa shape index (κ2) is 6.76. The van der Waals surface area contributed by atoms with E-state index in [1.54, 1.807) is 0 Å². The number of amides is 1. The van der Waals surface area contributed by atoms with E-state index in [1.165, 1.54) is 43.5 Å². The van der Waals surface area contributed by atoms with Crippen molar-refractivity contribution < 1.29 is 17.9 Å². The van der Waals surface area contributed by atoms with Crippen molar-refractivity contribution in [2.24, 2.45) is 5.14 Å². The smallest absolute Gasteiger partial charge is 0.255 e. The van der Waals surface area contributed by atoms with Gasteiger partial charge in [-0.1, -0.05) is 23.2 Å². The zero-order chi connectivity index (χ0) is 17.2. The number of halogens is 2. The minimum absolute atomic E-state index is 0.153. The first-order valence-corrected chi connectivity index (χ1v) is 8.49. The van der Waals surface area contributed by atoms with E-state index in [4.69, 9.17) is 33.1 Å². The molecule has 0 heterocycles. The Bertz CT molecular complexity index is 849. The van der Waals surface area contributed by atoms with Crippen LogP contribution in [0.3, 0.4) is 0 Å². The second-order valence-electron chi connectivity index (χ2n) is 4.52. The van der Waals surface area contributed by atoms with Gasteiger partial charge in [-0.25, -0.2) is 13.6 Å². The van der Waals surface area contributed by atoms with Gasteiger partial charge in [-0.05, 0) is 36.4 Å². The first-order chi connectivity index (χ1) is 10.7. The number of anilines is 1. The molecular weight excluding hydrogens is 363 g/mol. The summed E-state index contributed by atoms with van der Waals surface area (Å²) in [5, 5.41) is 8.22. The molecule has 0 unspecified atom stereocenters. The first-order valence-electron chi connectivity index (χ1n) is 6.19. The molecule has 23 heavy (non-hydrogen) atoms. The van der Waals surface area contributed by atoms with Crippen molar-refractivity contribution >= 4 is 44.8 Å². The summed E-state index contributed by atoms with van der Waals surface area (Å²) >= 11 is 11.7. The Hall–Kier alpha value is -1.80. The molecule has 0 atom stereocenters. The molecule has 2 aromatic rings. The number of nitrogens with one attached hydrogen (secondary N) is 1. The summed E-state index contributed by atoms with van der Waals surface area (Å²) in [6, 6.07) is 8.22. The Morgan fingerprint density at radius 2 is 1.74 bits per heavy atom. The molecule has 9 heteroatoms. The van der Waals surface area contributed by atoms with Gasteiger partial charge < -0.3 is 10.1 Å². The summed E-state index contributed by atoms with van der Waals surface area (Å²) in [5.41, 5.74) is 0.366. The molecule has 0 aliphatic carbocycles. The number of hydrogen-bond acceptors (Lipinski definition) is 4. The molecule has 122 valence electrons. The van der Waals surface area contributed by atoms with Crippen LogP contribution in [0.2, 0.25) is 10.0 Å². The molecule has 1 amide bonds. The van der Waals surface area contributed by atoms with Crippen molar-refractivity contribution in [3.63, 3.8) is 0 Å². The normalized spacial score (nSPS) is 11.1. The molecule has 0 aliphatic heterocycles. The van der Waals surface area contributed by atoms with Crippen LogP contribution in [-0.2, 0) is 10.0 Å². The van der Waals surface area contributed by atoms with Gasteiger partial charge in [-0.3, -0.25) is 4.79 Å². The van der Waals surface area contributed by atoms with Gasteiger partial charge in [0, 0.05) is 15.6 Å². The number of carbonyl (C=O) groups is 1.